The summed E-state index contributed by atoms with van der Waals surface area (Å²) in [5.41, 5.74) is -1.04. The second-order valence-electron chi connectivity index (χ2n) is 4.27. The molecule has 0 saturated heterocycles. The highest BCUT2D eigenvalue weighted by Crippen LogP contribution is 2.16. The maximum absolute atomic E-state index is 12.3. The minimum absolute atomic E-state index is 0.0747. The molecule has 0 aromatic carbocycles. The third kappa shape index (κ3) is 4.45. The zero-order chi connectivity index (χ0) is 15.5. The van der Waals surface area contributed by atoms with Crippen molar-refractivity contribution in [3.8, 4) is 0 Å². The number of hydrogen-bond donors (Lipinski definition) is 1. The van der Waals surface area contributed by atoms with Crippen LogP contribution in [0, 0.1) is 0 Å². The normalized spacial score (nSPS) is 11.4. The van der Waals surface area contributed by atoms with Crippen molar-refractivity contribution < 1.29 is 18.0 Å². The van der Waals surface area contributed by atoms with E-state index in [9.17, 15) is 22.8 Å². The van der Waals surface area contributed by atoms with Crippen molar-refractivity contribution in [3.05, 3.63) is 51.1 Å². The Bertz CT molecular complexity index is 677. The van der Waals surface area contributed by atoms with Gasteiger partial charge in [-0.05, 0) is 23.6 Å². The third-order valence-corrected chi connectivity index (χ3v) is 3.44. The first kappa shape index (κ1) is 15.3. The van der Waals surface area contributed by atoms with Gasteiger partial charge in [0, 0.05) is 11.1 Å². The molecule has 0 radical (unpaired) electrons. The van der Waals surface area contributed by atoms with E-state index in [-0.39, 0.29) is 12.1 Å². The Morgan fingerprint density at radius 3 is 2.67 bits per heavy atom. The van der Waals surface area contributed by atoms with Crippen LogP contribution in [0.4, 0.5) is 18.9 Å². The number of carbonyl (C=O) groups excluding carboxylic acids is 1. The number of halogens is 3. The highest BCUT2D eigenvalue weighted by Gasteiger charge is 2.28. The van der Waals surface area contributed by atoms with E-state index in [1.165, 1.54) is 23.5 Å². The lowest BCUT2D eigenvalue weighted by Gasteiger charge is -2.11. The number of amides is 1. The highest BCUT2D eigenvalue weighted by molar-refractivity contribution is 7.10. The van der Waals surface area contributed by atoms with Crippen LogP contribution in [0.25, 0.3) is 0 Å². The number of carbonyl (C=O) groups is 1. The van der Waals surface area contributed by atoms with Gasteiger partial charge in [0.2, 0.25) is 5.91 Å². The van der Waals surface area contributed by atoms with E-state index >= 15 is 0 Å². The summed E-state index contributed by atoms with van der Waals surface area (Å²) in [7, 11) is 0. The van der Waals surface area contributed by atoms with E-state index in [1.54, 1.807) is 17.5 Å². The number of alkyl halides is 3. The first-order valence-electron chi connectivity index (χ1n) is 5.93. The Balaban J connectivity index is 2.12. The standard InChI is InChI=1S/C13H11F3N2O2S/c14-13(15,16)8-18-5-1-4-10(12(18)20)17-11(19)7-9-3-2-6-21-9/h1-6H,7-8H2,(H,17,19). The summed E-state index contributed by atoms with van der Waals surface area (Å²) in [5.74, 6) is -0.445. The summed E-state index contributed by atoms with van der Waals surface area (Å²) in [6.45, 7) is -1.39. The van der Waals surface area contributed by atoms with E-state index < -0.39 is 24.2 Å². The SMILES string of the molecule is O=C(Cc1cccs1)Nc1cccn(CC(F)(F)F)c1=O. The van der Waals surface area contributed by atoms with Gasteiger partial charge in [-0.15, -0.1) is 11.3 Å². The van der Waals surface area contributed by atoms with Crippen LogP contribution in [0.1, 0.15) is 4.88 Å². The highest BCUT2D eigenvalue weighted by atomic mass is 32.1. The number of rotatable bonds is 4. The number of nitrogens with zero attached hydrogens (tertiary/aromatic N) is 1. The van der Waals surface area contributed by atoms with Crippen LogP contribution in [-0.4, -0.2) is 16.7 Å². The first-order valence-corrected chi connectivity index (χ1v) is 6.81. The van der Waals surface area contributed by atoms with Gasteiger partial charge in [0.05, 0.1) is 6.42 Å². The van der Waals surface area contributed by atoms with Gasteiger partial charge in [-0.1, -0.05) is 6.07 Å². The van der Waals surface area contributed by atoms with Gasteiger partial charge in [0.25, 0.3) is 5.56 Å². The van der Waals surface area contributed by atoms with E-state index in [0.29, 0.717) is 4.57 Å². The Kier molecular flexibility index (Phi) is 4.46. The molecule has 8 heteroatoms. The molecule has 2 aromatic rings. The summed E-state index contributed by atoms with van der Waals surface area (Å²) in [4.78, 5) is 24.4. The molecule has 2 rings (SSSR count). The Labute approximate surface area is 121 Å². The fourth-order valence-corrected chi connectivity index (χ4v) is 2.42. The molecule has 0 unspecified atom stereocenters. The quantitative estimate of drug-likeness (QED) is 0.943. The van der Waals surface area contributed by atoms with Gasteiger partial charge >= 0.3 is 6.18 Å². The smallest absolute Gasteiger partial charge is 0.321 e. The van der Waals surface area contributed by atoms with Gasteiger partial charge in [-0.2, -0.15) is 13.2 Å². The van der Waals surface area contributed by atoms with Gasteiger partial charge in [0.1, 0.15) is 12.2 Å². The van der Waals surface area contributed by atoms with Crippen molar-refractivity contribution in [2.45, 2.75) is 19.1 Å². The van der Waals surface area contributed by atoms with E-state index in [1.807, 2.05) is 0 Å². The monoisotopic (exact) mass is 316 g/mol. The zero-order valence-electron chi connectivity index (χ0n) is 10.7. The molecule has 1 amide bonds. The maximum Gasteiger partial charge on any atom is 0.406 e. The molecule has 2 aromatic heterocycles. The van der Waals surface area contributed by atoms with Crippen LogP contribution >= 0.6 is 11.3 Å². The molecule has 0 fully saturated rings. The number of aromatic nitrogens is 1. The Hall–Kier alpha value is -2.09. The predicted octanol–water partition coefficient (Wildman–Crippen LogP) is 2.65. The lowest BCUT2D eigenvalue weighted by Crippen LogP contribution is -2.30. The van der Waals surface area contributed by atoms with Gasteiger partial charge in [-0.25, -0.2) is 0 Å². The summed E-state index contributed by atoms with van der Waals surface area (Å²) in [5, 5.41) is 4.15. The second kappa shape index (κ2) is 6.13. The van der Waals surface area contributed by atoms with Crippen molar-refractivity contribution in [3.63, 3.8) is 0 Å². The first-order chi connectivity index (χ1) is 9.85. The number of anilines is 1. The minimum atomic E-state index is -4.50. The molecule has 0 bridgehead atoms. The lowest BCUT2D eigenvalue weighted by molar-refractivity contribution is -0.141. The van der Waals surface area contributed by atoms with Crippen molar-refractivity contribution in [2.24, 2.45) is 0 Å². The Morgan fingerprint density at radius 2 is 2.05 bits per heavy atom. The summed E-state index contributed by atoms with van der Waals surface area (Å²) >= 11 is 1.38. The molecule has 0 spiro atoms. The number of hydrogen-bond acceptors (Lipinski definition) is 3. The average Bonchev–Trinajstić information content (AvgIpc) is 2.85. The maximum atomic E-state index is 12.3. The van der Waals surface area contributed by atoms with Crippen LogP contribution < -0.4 is 10.9 Å². The molecule has 0 saturated carbocycles. The minimum Gasteiger partial charge on any atom is -0.321 e. The van der Waals surface area contributed by atoms with Crippen LogP contribution in [0.5, 0.6) is 0 Å². The molecule has 0 atom stereocenters. The van der Waals surface area contributed by atoms with Crippen molar-refractivity contribution >= 4 is 22.9 Å². The molecule has 2 heterocycles. The van der Waals surface area contributed by atoms with Crippen LogP contribution in [0.2, 0.25) is 0 Å². The van der Waals surface area contributed by atoms with Crippen LogP contribution in [0.3, 0.4) is 0 Å². The van der Waals surface area contributed by atoms with Gasteiger partial charge < -0.3 is 9.88 Å². The largest absolute Gasteiger partial charge is 0.406 e. The third-order valence-electron chi connectivity index (χ3n) is 2.56. The molecule has 0 aliphatic rings. The molecule has 112 valence electrons. The van der Waals surface area contributed by atoms with E-state index in [2.05, 4.69) is 5.32 Å². The molecule has 0 aliphatic heterocycles. The molecule has 4 nitrogen and oxygen atoms in total. The van der Waals surface area contributed by atoms with Gasteiger partial charge in [0.15, 0.2) is 0 Å². The summed E-state index contributed by atoms with van der Waals surface area (Å²) < 4.78 is 37.5. The molecule has 1 N–H and O–H groups in total. The van der Waals surface area contributed by atoms with Crippen LogP contribution in [0.15, 0.2) is 40.6 Å². The second-order valence-corrected chi connectivity index (χ2v) is 5.31. The zero-order valence-corrected chi connectivity index (χ0v) is 11.5. The number of thiophene rings is 1. The molecule has 21 heavy (non-hydrogen) atoms. The van der Waals surface area contributed by atoms with E-state index in [0.717, 1.165) is 11.1 Å². The molecular weight excluding hydrogens is 305 g/mol. The summed E-state index contributed by atoms with van der Waals surface area (Å²) in [6.07, 6.45) is -3.39. The van der Waals surface area contributed by atoms with E-state index in [4.69, 9.17) is 0 Å². The predicted molar refractivity (Wildman–Crippen MR) is 73.4 cm³/mol. The molecule has 0 aliphatic carbocycles. The fourth-order valence-electron chi connectivity index (χ4n) is 1.72. The van der Waals surface area contributed by atoms with Crippen molar-refractivity contribution in [1.82, 2.24) is 4.57 Å². The fraction of sp³-hybridized carbons (Fsp3) is 0.231. The summed E-state index contributed by atoms with van der Waals surface area (Å²) in [6, 6.07) is 6.11. The van der Waals surface area contributed by atoms with Crippen molar-refractivity contribution in [2.75, 3.05) is 5.32 Å². The number of nitrogens with one attached hydrogen (secondary N) is 1. The van der Waals surface area contributed by atoms with Gasteiger partial charge in [-0.3, -0.25) is 9.59 Å². The average molecular weight is 316 g/mol. The van der Waals surface area contributed by atoms with Crippen LogP contribution in [-0.2, 0) is 17.8 Å². The lowest BCUT2D eigenvalue weighted by atomic mass is 10.3. The number of pyridine rings is 1. The molecular formula is C13H11F3N2O2S. The Morgan fingerprint density at radius 1 is 1.29 bits per heavy atom. The van der Waals surface area contributed by atoms with Crippen molar-refractivity contribution in [1.29, 1.82) is 0 Å². The topological polar surface area (TPSA) is 51.1 Å².